The summed E-state index contributed by atoms with van der Waals surface area (Å²) in [5, 5.41) is 60.0. The van der Waals surface area contributed by atoms with Gasteiger partial charge in [0.25, 0.3) is 0 Å². The Morgan fingerprint density at radius 2 is 0.833 bits per heavy atom. The summed E-state index contributed by atoms with van der Waals surface area (Å²) in [6, 6.07) is 0. The van der Waals surface area contributed by atoms with Gasteiger partial charge >= 0.3 is 0 Å². The Hall–Kier alpha value is -0.360. The second-order valence-electron chi connectivity index (χ2n) is 1.02. The maximum atomic E-state index is 8.17. The summed E-state index contributed by atoms with van der Waals surface area (Å²) in [7, 11) is 0. The first-order valence-electron chi connectivity index (χ1n) is 2.31. The minimum absolute atomic E-state index is 0.365. The predicted molar refractivity (Wildman–Crippen MR) is 36.0 cm³/mol. The fourth-order valence-electron chi connectivity index (χ4n) is 0.0577. The Morgan fingerprint density at radius 3 is 0.833 bits per heavy atom. The van der Waals surface area contributed by atoms with Gasteiger partial charge in [-0.3, -0.25) is 31.5 Å². The molecule has 0 atom stereocenters. The highest BCUT2D eigenvalue weighted by Crippen LogP contribution is 1.71. The predicted octanol–water partition coefficient (Wildman–Crippen LogP) is -1.62. The molecule has 0 aromatic heterocycles. The van der Waals surface area contributed by atoms with E-state index >= 15 is 0 Å². The molecule has 0 aromatic carbocycles. The van der Waals surface area contributed by atoms with Crippen LogP contribution in [-0.2, 0) is 0 Å². The molecule has 0 aromatic rings. The molecule has 9 N–H and O–H groups in total. The molecule has 0 fully saturated rings. The molecule has 0 heterocycles. The van der Waals surface area contributed by atoms with Crippen molar-refractivity contribution in [1.29, 1.82) is 0 Å². The number of aliphatic hydroxyl groups is 3. The SMILES string of the molecule is OCC(O)CO.OO.OO.OO. The molecule has 0 radical (unpaired) electrons. The molecule has 0 aliphatic heterocycles. The van der Waals surface area contributed by atoms with E-state index in [4.69, 9.17) is 46.9 Å². The maximum absolute atomic E-state index is 8.17. The van der Waals surface area contributed by atoms with Crippen LogP contribution in [0.3, 0.4) is 0 Å². The lowest BCUT2D eigenvalue weighted by Crippen LogP contribution is -2.15. The van der Waals surface area contributed by atoms with Crippen LogP contribution < -0.4 is 0 Å². The normalized spacial score (nSPS) is 6.50. The summed E-state index contributed by atoms with van der Waals surface area (Å²) >= 11 is 0. The third kappa shape index (κ3) is 54.3. The van der Waals surface area contributed by atoms with E-state index in [9.17, 15) is 0 Å². The van der Waals surface area contributed by atoms with E-state index in [1.54, 1.807) is 0 Å². The Morgan fingerprint density at radius 1 is 0.667 bits per heavy atom. The van der Waals surface area contributed by atoms with Gasteiger partial charge in [-0.1, -0.05) is 0 Å². The maximum Gasteiger partial charge on any atom is 0.100 e. The van der Waals surface area contributed by atoms with Crippen LogP contribution in [0.5, 0.6) is 0 Å². The summed E-state index contributed by atoms with van der Waals surface area (Å²) in [5.41, 5.74) is 0. The van der Waals surface area contributed by atoms with Crippen molar-refractivity contribution in [2.75, 3.05) is 13.2 Å². The smallest absolute Gasteiger partial charge is 0.100 e. The molecule has 12 heavy (non-hydrogen) atoms. The summed E-state index contributed by atoms with van der Waals surface area (Å²) in [6.07, 6.45) is -0.954. The molecule has 0 aliphatic rings. The molecule has 0 saturated carbocycles. The van der Waals surface area contributed by atoms with Crippen LogP contribution in [0, 0.1) is 0 Å². The molecule has 0 rings (SSSR count). The van der Waals surface area contributed by atoms with Gasteiger partial charge in [0.05, 0.1) is 13.2 Å². The Labute approximate surface area is 67.4 Å². The van der Waals surface area contributed by atoms with Gasteiger partial charge in [-0.05, 0) is 0 Å². The van der Waals surface area contributed by atoms with Crippen molar-refractivity contribution >= 4 is 0 Å². The zero-order chi connectivity index (χ0) is 11.0. The second-order valence-corrected chi connectivity index (χ2v) is 1.02. The van der Waals surface area contributed by atoms with Gasteiger partial charge in [0.15, 0.2) is 0 Å². The van der Waals surface area contributed by atoms with Gasteiger partial charge in [-0.2, -0.15) is 0 Å². The zero-order valence-corrected chi connectivity index (χ0v) is 6.02. The molecule has 0 saturated heterocycles. The fraction of sp³-hybridized carbons (Fsp3) is 1.00. The van der Waals surface area contributed by atoms with Crippen LogP contribution in [0.15, 0.2) is 0 Å². The van der Waals surface area contributed by atoms with Crippen molar-refractivity contribution in [3.05, 3.63) is 0 Å². The van der Waals surface area contributed by atoms with Crippen LogP contribution in [0.4, 0.5) is 0 Å². The third-order valence-electron chi connectivity index (χ3n) is 0.421. The molecule has 0 amide bonds. The molecular formula is C3H14O9. The van der Waals surface area contributed by atoms with Crippen LogP contribution >= 0.6 is 0 Å². The van der Waals surface area contributed by atoms with Crippen LogP contribution in [0.25, 0.3) is 0 Å². The first kappa shape index (κ1) is 22.6. The van der Waals surface area contributed by atoms with Crippen LogP contribution in [-0.4, -0.2) is 66.2 Å². The summed E-state index contributed by atoms with van der Waals surface area (Å²) in [5.74, 6) is 0. The largest absolute Gasteiger partial charge is 0.394 e. The van der Waals surface area contributed by atoms with Crippen molar-refractivity contribution in [2.24, 2.45) is 0 Å². The summed E-state index contributed by atoms with van der Waals surface area (Å²) < 4.78 is 0. The first-order valence-corrected chi connectivity index (χ1v) is 2.31. The highest BCUT2D eigenvalue weighted by molar-refractivity contribution is 4.43. The third-order valence-corrected chi connectivity index (χ3v) is 0.421. The second kappa shape index (κ2) is 45.9. The minimum atomic E-state index is -0.954. The highest BCUT2D eigenvalue weighted by Gasteiger charge is 1.93. The zero-order valence-electron chi connectivity index (χ0n) is 6.02. The summed E-state index contributed by atoms with van der Waals surface area (Å²) in [4.78, 5) is 0. The molecule has 0 aliphatic carbocycles. The Bertz CT molecular complexity index is 29.0. The number of hydrogen-bond acceptors (Lipinski definition) is 9. The van der Waals surface area contributed by atoms with Gasteiger partial charge in [0.1, 0.15) is 6.10 Å². The van der Waals surface area contributed by atoms with Gasteiger partial charge < -0.3 is 15.3 Å². The molecule has 80 valence electrons. The van der Waals surface area contributed by atoms with Crippen molar-refractivity contribution in [3.63, 3.8) is 0 Å². The lowest BCUT2D eigenvalue weighted by atomic mass is 10.4. The van der Waals surface area contributed by atoms with E-state index < -0.39 is 6.10 Å². The Balaban J connectivity index is -0.0000000453. The standard InChI is InChI=1S/C3H8O3.3H2O2/c4-1-3(6)2-5;3*1-2/h3-6H,1-2H2;3*1-2H. The average Bonchev–Trinajstić information content (AvgIpc) is 2.25. The van der Waals surface area contributed by atoms with E-state index in [1.165, 1.54) is 0 Å². The highest BCUT2D eigenvalue weighted by atomic mass is 17.0. The number of aliphatic hydroxyl groups excluding tert-OH is 3. The minimum Gasteiger partial charge on any atom is -0.394 e. The monoisotopic (exact) mass is 194 g/mol. The molecule has 0 unspecified atom stereocenters. The average molecular weight is 194 g/mol. The molecule has 0 bridgehead atoms. The van der Waals surface area contributed by atoms with Crippen LogP contribution in [0.2, 0.25) is 0 Å². The topological polar surface area (TPSA) is 182 Å². The lowest BCUT2D eigenvalue weighted by Gasteiger charge is -1.96. The van der Waals surface area contributed by atoms with Gasteiger partial charge in [0, 0.05) is 0 Å². The van der Waals surface area contributed by atoms with E-state index in [1.807, 2.05) is 0 Å². The van der Waals surface area contributed by atoms with Crippen molar-refractivity contribution in [2.45, 2.75) is 6.10 Å². The number of hydrogen-bond donors (Lipinski definition) is 9. The summed E-state index contributed by atoms with van der Waals surface area (Å²) in [6.45, 7) is -0.729. The van der Waals surface area contributed by atoms with E-state index in [0.29, 0.717) is 0 Å². The molecule has 9 nitrogen and oxygen atoms in total. The molecular weight excluding hydrogens is 180 g/mol. The number of rotatable bonds is 2. The van der Waals surface area contributed by atoms with E-state index in [0.717, 1.165) is 0 Å². The van der Waals surface area contributed by atoms with Crippen molar-refractivity contribution in [3.8, 4) is 0 Å². The Kier molecular flexibility index (Phi) is 86.4. The first-order chi connectivity index (χ1) is 5.81. The quantitative estimate of drug-likeness (QED) is 0.184. The van der Waals surface area contributed by atoms with Gasteiger partial charge in [-0.25, -0.2) is 0 Å². The fourth-order valence-corrected chi connectivity index (χ4v) is 0.0577. The van der Waals surface area contributed by atoms with E-state index in [-0.39, 0.29) is 13.2 Å². The lowest BCUT2D eigenvalue weighted by molar-refractivity contribution is -0.176. The van der Waals surface area contributed by atoms with Gasteiger partial charge in [-0.15, -0.1) is 0 Å². The van der Waals surface area contributed by atoms with Crippen molar-refractivity contribution in [1.82, 2.24) is 0 Å². The van der Waals surface area contributed by atoms with Gasteiger partial charge in [0.2, 0.25) is 0 Å². The molecule has 9 heteroatoms. The molecule has 0 spiro atoms. The van der Waals surface area contributed by atoms with E-state index in [2.05, 4.69) is 0 Å². The van der Waals surface area contributed by atoms with Crippen LogP contribution in [0.1, 0.15) is 0 Å². The van der Waals surface area contributed by atoms with Crippen molar-refractivity contribution < 1.29 is 46.9 Å².